The number of hydrogen-bond acceptors (Lipinski definition) is 2. The highest BCUT2D eigenvalue weighted by atomic mass is 19.4. The first-order valence-electron chi connectivity index (χ1n) is 8.81. The molecule has 0 saturated carbocycles. The SMILES string of the molecule is CCCCCCCCOCCCCCCCC(O)C(F)(F)F. The third-order valence-electron chi connectivity index (χ3n) is 3.79. The molecule has 0 saturated heterocycles. The van der Waals surface area contributed by atoms with Crippen LogP contribution in [0.5, 0.6) is 0 Å². The van der Waals surface area contributed by atoms with Gasteiger partial charge in [0.1, 0.15) is 6.10 Å². The zero-order valence-corrected chi connectivity index (χ0v) is 14.0. The Hall–Kier alpha value is -0.290. The van der Waals surface area contributed by atoms with Crippen molar-refractivity contribution in [3.63, 3.8) is 0 Å². The van der Waals surface area contributed by atoms with Gasteiger partial charge in [-0.3, -0.25) is 0 Å². The average molecular weight is 326 g/mol. The van der Waals surface area contributed by atoms with Crippen molar-refractivity contribution < 1.29 is 23.0 Å². The molecule has 0 radical (unpaired) electrons. The zero-order chi connectivity index (χ0) is 16.7. The molecule has 0 aromatic rings. The number of hydrogen-bond donors (Lipinski definition) is 1. The van der Waals surface area contributed by atoms with Crippen molar-refractivity contribution in [3.8, 4) is 0 Å². The molecule has 2 nitrogen and oxygen atoms in total. The van der Waals surface area contributed by atoms with E-state index in [-0.39, 0.29) is 6.42 Å². The average Bonchev–Trinajstić information content (AvgIpc) is 2.46. The summed E-state index contributed by atoms with van der Waals surface area (Å²) < 4.78 is 41.7. The van der Waals surface area contributed by atoms with Gasteiger partial charge in [0, 0.05) is 13.2 Å². The number of ether oxygens (including phenoxy) is 1. The van der Waals surface area contributed by atoms with Gasteiger partial charge in [0.05, 0.1) is 0 Å². The summed E-state index contributed by atoms with van der Waals surface area (Å²) in [6.45, 7) is 3.78. The van der Waals surface area contributed by atoms with Crippen LogP contribution in [-0.2, 0) is 4.74 Å². The predicted molar refractivity (Wildman–Crippen MR) is 84.0 cm³/mol. The first kappa shape index (κ1) is 21.7. The van der Waals surface area contributed by atoms with Gasteiger partial charge in [0.2, 0.25) is 0 Å². The van der Waals surface area contributed by atoms with Gasteiger partial charge in [0.25, 0.3) is 0 Å². The minimum absolute atomic E-state index is 0.183. The van der Waals surface area contributed by atoms with Gasteiger partial charge in [-0.25, -0.2) is 0 Å². The molecular weight excluding hydrogens is 293 g/mol. The Balaban J connectivity index is 3.12. The van der Waals surface area contributed by atoms with Crippen LogP contribution in [0.15, 0.2) is 0 Å². The fourth-order valence-corrected chi connectivity index (χ4v) is 2.32. The predicted octanol–water partition coefficient (Wildman–Crippen LogP) is 5.63. The summed E-state index contributed by atoms with van der Waals surface area (Å²) in [7, 11) is 0. The van der Waals surface area contributed by atoms with E-state index in [1.54, 1.807) is 0 Å². The highest BCUT2D eigenvalue weighted by molar-refractivity contribution is 4.64. The molecule has 0 spiro atoms. The smallest absolute Gasteiger partial charge is 0.384 e. The molecule has 1 N–H and O–H groups in total. The number of aliphatic hydroxyl groups is 1. The van der Waals surface area contributed by atoms with Crippen molar-refractivity contribution >= 4 is 0 Å². The highest BCUT2D eigenvalue weighted by Crippen LogP contribution is 2.24. The van der Waals surface area contributed by atoms with Crippen molar-refractivity contribution in [3.05, 3.63) is 0 Å². The molecule has 22 heavy (non-hydrogen) atoms. The van der Waals surface area contributed by atoms with Crippen LogP contribution in [0.3, 0.4) is 0 Å². The second kappa shape index (κ2) is 14.3. The first-order chi connectivity index (χ1) is 10.5. The monoisotopic (exact) mass is 326 g/mol. The molecule has 0 rings (SSSR count). The fraction of sp³-hybridized carbons (Fsp3) is 1.00. The van der Waals surface area contributed by atoms with E-state index in [4.69, 9.17) is 9.84 Å². The van der Waals surface area contributed by atoms with E-state index < -0.39 is 12.3 Å². The maximum atomic E-state index is 12.0. The van der Waals surface area contributed by atoms with Crippen molar-refractivity contribution in [2.75, 3.05) is 13.2 Å². The van der Waals surface area contributed by atoms with E-state index in [0.29, 0.717) is 6.42 Å². The fourth-order valence-electron chi connectivity index (χ4n) is 2.32. The van der Waals surface area contributed by atoms with Gasteiger partial charge >= 0.3 is 6.18 Å². The topological polar surface area (TPSA) is 29.5 Å². The lowest BCUT2D eigenvalue weighted by molar-refractivity contribution is -0.205. The molecule has 5 heteroatoms. The molecule has 0 aliphatic heterocycles. The number of rotatable bonds is 15. The third-order valence-corrected chi connectivity index (χ3v) is 3.79. The highest BCUT2D eigenvalue weighted by Gasteiger charge is 2.37. The zero-order valence-electron chi connectivity index (χ0n) is 14.0. The molecule has 0 aliphatic carbocycles. The summed E-state index contributed by atoms with van der Waals surface area (Å²) in [4.78, 5) is 0. The molecule has 1 unspecified atom stereocenters. The van der Waals surface area contributed by atoms with E-state index in [0.717, 1.165) is 45.3 Å². The van der Waals surface area contributed by atoms with Crippen LogP contribution in [0, 0.1) is 0 Å². The van der Waals surface area contributed by atoms with Crippen molar-refractivity contribution in [1.29, 1.82) is 0 Å². The van der Waals surface area contributed by atoms with Crippen molar-refractivity contribution in [1.82, 2.24) is 0 Å². The first-order valence-corrected chi connectivity index (χ1v) is 8.81. The Morgan fingerprint density at radius 3 is 1.73 bits per heavy atom. The van der Waals surface area contributed by atoms with E-state index >= 15 is 0 Å². The Morgan fingerprint density at radius 2 is 1.23 bits per heavy atom. The van der Waals surface area contributed by atoms with Gasteiger partial charge in [0.15, 0.2) is 0 Å². The maximum absolute atomic E-state index is 12.0. The lowest BCUT2D eigenvalue weighted by atomic mass is 10.1. The van der Waals surface area contributed by atoms with Gasteiger partial charge in [-0.2, -0.15) is 13.2 Å². The summed E-state index contributed by atoms with van der Waals surface area (Å²) >= 11 is 0. The number of halogens is 3. The normalized spacial score (nSPS) is 13.5. The van der Waals surface area contributed by atoms with Crippen LogP contribution in [0.25, 0.3) is 0 Å². The van der Waals surface area contributed by atoms with E-state index in [1.165, 1.54) is 32.1 Å². The van der Waals surface area contributed by atoms with Gasteiger partial charge in [-0.15, -0.1) is 0 Å². The second-order valence-corrected chi connectivity index (χ2v) is 5.99. The minimum atomic E-state index is -4.47. The molecule has 0 fully saturated rings. The Kier molecular flexibility index (Phi) is 14.1. The molecule has 134 valence electrons. The minimum Gasteiger partial charge on any atom is -0.384 e. The van der Waals surface area contributed by atoms with Gasteiger partial charge < -0.3 is 9.84 Å². The standard InChI is InChI=1S/C17H33F3O2/c1-2-3-4-5-8-11-14-22-15-12-9-6-7-10-13-16(21)17(18,19)20/h16,21H,2-15H2,1H3. The van der Waals surface area contributed by atoms with Gasteiger partial charge in [-0.1, -0.05) is 64.7 Å². The molecular formula is C17H33F3O2. The summed E-state index contributed by atoms with van der Waals surface area (Å²) in [5.74, 6) is 0. The molecule has 0 bridgehead atoms. The number of unbranched alkanes of at least 4 members (excludes halogenated alkanes) is 9. The molecule has 0 aromatic heterocycles. The molecule has 0 amide bonds. The lowest BCUT2D eigenvalue weighted by Crippen LogP contribution is -2.28. The van der Waals surface area contributed by atoms with Crippen LogP contribution in [0.2, 0.25) is 0 Å². The Labute approximate surface area is 133 Å². The van der Waals surface area contributed by atoms with Crippen molar-refractivity contribution in [2.24, 2.45) is 0 Å². The third kappa shape index (κ3) is 14.6. The molecule has 0 aliphatic rings. The molecule has 0 heterocycles. The summed E-state index contributed by atoms with van der Waals surface area (Å²) in [5.41, 5.74) is 0. The molecule has 0 aromatic carbocycles. The Morgan fingerprint density at radius 1 is 0.773 bits per heavy atom. The van der Waals surface area contributed by atoms with E-state index in [2.05, 4.69) is 6.92 Å². The second-order valence-electron chi connectivity index (χ2n) is 5.99. The summed E-state index contributed by atoms with van der Waals surface area (Å²) in [6.07, 6.45) is 4.79. The maximum Gasteiger partial charge on any atom is 0.414 e. The van der Waals surface area contributed by atoms with Crippen LogP contribution >= 0.6 is 0 Å². The van der Waals surface area contributed by atoms with Gasteiger partial charge in [-0.05, 0) is 19.3 Å². The number of aliphatic hydroxyl groups excluding tert-OH is 1. The molecule has 1 atom stereocenters. The summed E-state index contributed by atoms with van der Waals surface area (Å²) in [5, 5.41) is 8.83. The van der Waals surface area contributed by atoms with Crippen LogP contribution < -0.4 is 0 Å². The van der Waals surface area contributed by atoms with Crippen molar-refractivity contribution in [2.45, 2.75) is 96.3 Å². The lowest BCUT2D eigenvalue weighted by Gasteiger charge is -2.13. The largest absolute Gasteiger partial charge is 0.414 e. The Bertz CT molecular complexity index is 232. The van der Waals surface area contributed by atoms with E-state index in [1.807, 2.05) is 0 Å². The van der Waals surface area contributed by atoms with Crippen LogP contribution in [-0.4, -0.2) is 30.6 Å². The van der Waals surface area contributed by atoms with Crippen LogP contribution in [0.4, 0.5) is 13.2 Å². The number of alkyl halides is 3. The van der Waals surface area contributed by atoms with E-state index in [9.17, 15) is 13.2 Å². The summed E-state index contributed by atoms with van der Waals surface area (Å²) in [6, 6.07) is 0. The van der Waals surface area contributed by atoms with Crippen LogP contribution in [0.1, 0.15) is 84.0 Å². The quantitative estimate of drug-likeness (QED) is 0.395.